The molecule has 1 aliphatic rings. The highest BCUT2D eigenvalue weighted by Gasteiger charge is 2.50. The van der Waals surface area contributed by atoms with Crippen molar-refractivity contribution in [3.8, 4) is 0 Å². The standard InChI is InChI=1S/C22H45NO4/c1-4-6-8-10-12-14-19(24)18-27-22(17-20(25)16-21(22)26)23(3)15-13-11-9-7-5-2/h19-21,24-26H,4-18H2,1-3H3/t19?,20-,21+,22-/m0/s1. The van der Waals surface area contributed by atoms with E-state index in [0.29, 0.717) is 12.8 Å². The number of hydrogen-bond donors (Lipinski definition) is 3. The van der Waals surface area contributed by atoms with Crippen molar-refractivity contribution in [2.45, 2.75) is 121 Å². The normalized spacial score (nSPS) is 26.8. The molecule has 0 spiro atoms. The number of hydrogen-bond acceptors (Lipinski definition) is 5. The summed E-state index contributed by atoms with van der Waals surface area (Å²) in [5, 5.41) is 31.0. The number of unbranched alkanes of at least 4 members (excludes halogenated alkanes) is 8. The highest BCUT2D eigenvalue weighted by molar-refractivity contribution is 4.97. The second-order valence-electron chi connectivity index (χ2n) is 8.46. The summed E-state index contributed by atoms with van der Waals surface area (Å²) in [5.74, 6) is 0. The summed E-state index contributed by atoms with van der Waals surface area (Å²) in [6.07, 6.45) is 11.5. The maximum absolute atomic E-state index is 10.6. The molecule has 3 N–H and O–H groups in total. The quantitative estimate of drug-likeness (QED) is 0.277. The summed E-state index contributed by atoms with van der Waals surface area (Å²) in [7, 11) is 1.97. The number of nitrogens with zero attached hydrogens (tertiary/aromatic N) is 1. The van der Waals surface area contributed by atoms with Gasteiger partial charge in [0.2, 0.25) is 0 Å². The average molecular weight is 388 g/mol. The Morgan fingerprint density at radius 1 is 0.963 bits per heavy atom. The third-order valence-electron chi connectivity index (χ3n) is 5.95. The van der Waals surface area contributed by atoms with Crippen molar-refractivity contribution in [3.63, 3.8) is 0 Å². The second-order valence-corrected chi connectivity index (χ2v) is 8.46. The van der Waals surface area contributed by atoms with E-state index in [1.165, 1.54) is 44.9 Å². The van der Waals surface area contributed by atoms with Crippen molar-refractivity contribution >= 4 is 0 Å². The van der Waals surface area contributed by atoms with Gasteiger partial charge in [-0.15, -0.1) is 0 Å². The van der Waals surface area contributed by atoms with Crippen LogP contribution in [0.15, 0.2) is 0 Å². The Balaban J connectivity index is 2.46. The van der Waals surface area contributed by atoms with Crippen LogP contribution < -0.4 is 0 Å². The number of aliphatic hydroxyl groups excluding tert-OH is 3. The van der Waals surface area contributed by atoms with Gasteiger partial charge in [0.25, 0.3) is 0 Å². The molecule has 1 fully saturated rings. The van der Waals surface area contributed by atoms with Gasteiger partial charge in [-0.2, -0.15) is 0 Å². The van der Waals surface area contributed by atoms with Gasteiger partial charge in [0.05, 0.1) is 24.9 Å². The van der Waals surface area contributed by atoms with Gasteiger partial charge < -0.3 is 20.1 Å². The van der Waals surface area contributed by atoms with Crippen LogP contribution in [0.1, 0.15) is 97.3 Å². The molecule has 162 valence electrons. The van der Waals surface area contributed by atoms with Crippen LogP contribution in [0, 0.1) is 0 Å². The zero-order chi connectivity index (χ0) is 20.1. The Labute approximate surface area is 167 Å². The Morgan fingerprint density at radius 2 is 1.56 bits per heavy atom. The van der Waals surface area contributed by atoms with Crippen LogP contribution in [0.5, 0.6) is 0 Å². The van der Waals surface area contributed by atoms with E-state index in [1.54, 1.807) is 0 Å². The SMILES string of the molecule is CCCCCCCC(O)CO[C@@]1(N(C)CCCCCCC)C[C@@H](O)C[C@H]1O. The third kappa shape index (κ3) is 8.78. The first kappa shape index (κ1) is 24.8. The lowest BCUT2D eigenvalue weighted by Crippen LogP contribution is -2.55. The summed E-state index contributed by atoms with van der Waals surface area (Å²) >= 11 is 0. The van der Waals surface area contributed by atoms with Gasteiger partial charge >= 0.3 is 0 Å². The van der Waals surface area contributed by atoms with Crippen molar-refractivity contribution in [2.75, 3.05) is 20.2 Å². The van der Waals surface area contributed by atoms with Crippen molar-refractivity contribution in [1.82, 2.24) is 4.90 Å². The Bertz CT molecular complexity index is 368. The van der Waals surface area contributed by atoms with E-state index in [0.717, 1.165) is 32.2 Å². The smallest absolute Gasteiger partial charge is 0.150 e. The van der Waals surface area contributed by atoms with Gasteiger partial charge in [-0.25, -0.2) is 0 Å². The lowest BCUT2D eigenvalue weighted by molar-refractivity contribution is -0.206. The van der Waals surface area contributed by atoms with Crippen LogP contribution in [0.2, 0.25) is 0 Å². The predicted octanol–water partition coefficient (Wildman–Crippen LogP) is 3.84. The van der Waals surface area contributed by atoms with Crippen molar-refractivity contribution in [3.05, 3.63) is 0 Å². The van der Waals surface area contributed by atoms with Crippen LogP contribution in [0.25, 0.3) is 0 Å². The summed E-state index contributed by atoms with van der Waals surface area (Å²) in [5.41, 5.74) is -0.868. The van der Waals surface area contributed by atoms with Gasteiger partial charge in [-0.05, 0) is 19.9 Å². The maximum Gasteiger partial charge on any atom is 0.150 e. The minimum absolute atomic E-state index is 0.220. The first-order valence-corrected chi connectivity index (χ1v) is 11.4. The average Bonchev–Trinajstić information content (AvgIpc) is 2.94. The first-order chi connectivity index (χ1) is 13.0. The molecule has 0 aromatic carbocycles. The molecule has 0 heterocycles. The molecule has 0 aromatic rings. The van der Waals surface area contributed by atoms with E-state index in [4.69, 9.17) is 4.74 Å². The third-order valence-corrected chi connectivity index (χ3v) is 5.95. The molecule has 27 heavy (non-hydrogen) atoms. The lowest BCUT2D eigenvalue weighted by Gasteiger charge is -2.41. The fourth-order valence-electron chi connectivity index (χ4n) is 4.12. The van der Waals surface area contributed by atoms with Gasteiger partial charge in [-0.1, -0.05) is 71.6 Å². The Kier molecular flexibility index (Phi) is 12.8. The van der Waals surface area contributed by atoms with E-state index in [1.807, 2.05) is 7.05 Å². The van der Waals surface area contributed by atoms with E-state index in [2.05, 4.69) is 18.7 Å². The fourth-order valence-corrected chi connectivity index (χ4v) is 4.12. The molecule has 0 radical (unpaired) electrons. The molecule has 0 amide bonds. The monoisotopic (exact) mass is 387 g/mol. The minimum Gasteiger partial charge on any atom is -0.393 e. The molecular formula is C22H45NO4. The van der Waals surface area contributed by atoms with E-state index >= 15 is 0 Å². The summed E-state index contributed by atoms with van der Waals surface area (Å²) in [6, 6.07) is 0. The largest absolute Gasteiger partial charge is 0.393 e. The van der Waals surface area contributed by atoms with Crippen LogP contribution in [-0.4, -0.2) is 64.5 Å². The second kappa shape index (κ2) is 13.9. The molecule has 0 saturated heterocycles. The molecule has 0 aromatic heterocycles. The molecule has 0 bridgehead atoms. The van der Waals surface area contributed by atoms with Gasteiger partial charge in [0.1, 0.15) is 5.72 Å². The zero-order valence-electron chi connectivity index (χ0n) is 18.0. The highest BCUT2D eigenvalue weighted by Crippen LogP contribution is 2.37. The van der Waals surface area contributed by atoms with Gasteiger partial charge in [0, 0.05) is 19.4 Å². The van der Waals surface area contributed by atoms with Crippen molar-refractivity contribution < 1.29 is 20.1 Å². The Hall–Kier alpha value is -0.200. The number of aliphatic hydroxyl groups is 3. The van der Waals surface area contributed by atoms with E-state index < -0.39 is 24.0 Å². The van der Waals surface area contributed by atoms with Crippen LogP contribution in [-0.2, 0) is 4.74 Å². The van der Waals surface area contributed by atoms with Crippen LogP contribution >= 0.6 is 0 Å². The maximum atomic E-state index is 10.6. The number of ether oxygens (including phenoxy) is 1. The molecule has 5 nitrogen and oxygen atoms in total. The first-order valence-electron chi connectivity index (χ1n) is 11.4. The minimum atomic E-state index is -0.868. The molecule has 5 heteroatoms. The lowest BCUT2D eigenvalue weighted by atomic mass is 10.1. The van der Waals surface area contributed by atoms with Crippen molar-refractivity contribution in [2.24, 2.45) is 0 Å². The molecular weight excluding hydrogens is 342 g/mol. The molecule has 4 atom stereocenters. The molecule has 0 aliphatic heterocycles. The van der Waals surface area contributed by atoms with Gasteiger partial charge in [0.15, 0.2) is 0 Å². The summed E-state index contributed by atoms with van der Waals surface area (Å²) in [4.78, 5) is 2.06. The van der Waals surface area contributed by atoms with Crippen LogP contribution in [0.4, 0.5) is 0 Å². The summed E-state index contributed by atoms with van der Waals surface area (Å²) in [6.45, 7) is 5.46. The summed E-state index contributed by atoms with van der Waals surface area (Å²) < 4.78 is 6.12. The molecule has 1 saturated carbocycles. The molecule has 1 rings (SSSR count). The fraction of sp³-hybridized carbons (Fsp3) is 1.00. The Morgan fingerprint density at radius 3 is 2.11 bits per heavy atom. The van der Waals surface area contributed by atoms with E-state index in [9.17, 15) is 15.3 Å². The molecule has 1 aliphatic carbocycles. The van der Waals surface area contributed by atoms with Crippen LogP contribution in [0.3, 0.4) is 0 Å². The molecule has 1 unspecified atom stereocenters. The topological polar surface area (TPSA) is 73.2 Å². The predicted molar refractivity (Wildman–Crippen MR) is 111 cm³/mol. The van der Waals surface area contributed by atoms with Gasteiger partial charge in [-0.3, -0.25) is 4.90 Å². The van der Waals surface area contributed by atoms with Crippen molar-refractivity contribution in [1.29, 1.82) is 0 Å². The highest BCUT2D eigenvalue weighted by atomic mass is 16.5. The van der Waals surface area contributed by atoms with E-state index in [-0.39, 0.29) is 6.61 Å². The zero-order valence-corrected chi connectivity index (χ0v) is 18.0. The number of likely N-dealkylation sites (N-methyl/N-ethyl adjacent to an activating group) is 1. The number of rotatable bonds is 16.